The maximum absolute atomic E-state index is 9.69. The fourth-order valence-electron chi connectivity index (χ4n) is 0.352. The van der Waals surface area contributed by atoms with Gasteiger partial charge in [-0.1, -0.05) is 33.1 Å². The van der Waals surface area contributed by atoms with Gasteiger partial charge in [-0.2, -0.15) is 0 Å². The van der Waals surface area contributed by atoms with Gasteiger partial charge in [-0.25, -0.2) is 0 Å². The molecule has 0 saturated heterocycles. The smallest absolute Gasteiger partial charge is 0.854 e. The third-order valence-corrected chi connectivity index (χ3v) is 1.05. The standard InChI is InChI=1S/C5H11O.C3H6O2.Na/c1-2-3-4-5-6;1-2-3(4)5;/h2-5H2,1H3;2H2,1H3,(H,4,5);/q-1;;+1. The van der Waals surface area contributed by atoms with Crippen molar-refractivity contribution < 1.29 is 44.6 Å². The van der Waals surface area contributed by atoms with Crippen LogP contribution in [0.5, 0.6) is 0 Å². The summed E-state index contributed by atoms with van der Waals surface area (Å²) in [6.45, 7) is 3.80. The molecule has 0 amide bonds. The Kier molecular flexibility index (Phi) is 26.6. The molecule has 68 valence electrons. The minimum Gasteiger partial charge on any atom is -0.854 e. The summed E-state index contributed by atoms with van der Waals surface area (Å²) in [7, 11) is 0. The minimum absolute atomic E-state index is 0. The molecular weight excluding hydrogens is 167 g/mol. The van der Waals surface area contributed by atoms with Crippen molar-refractivity contribution in [1.29, 1.82) is 0 Å². The summed E-state index contributed by atoms with van der Waals surface area (Å²) in [6, 6.07) is 0. The van der Waals surface area contributed by atoms with Crippen LogP contribution in [0.25, 0.3) is 0 Å². The molecule has 1 N–H and O–H groups in total. The third kappa shape index (κ3) is 31.5. The molecule has 0 aliphatic rings. The van der Waals surface area contributed by atoms with E-state index >= 15 is 0 Å². The molecular formula is C8H17NaO3. The zero-order valence-electron chi connectivity index (χ0n) is 8.30. The van der Waals surface area contributed by atoms with Gasteiger partial charge in [-0.15, -0.1) is 6.61 Å². The minimum atomic E-state index is -0.745. The maximum Gasteiger partial charge on any atom is 1.00 e. The average molecular weight is 184 g/mol. The van der Waals surface area contributed by atoms with Crippen molar-refractivity contribution in [3.8, 4) is 0 Å². The van der Waals surface area contributed by atoms with Gasteiger partial charge in [0.15, 0.2) is 0 Å². The molecule has 0 aromatic heterocycles. The molecule has 4 heteroatoms. The van der Waals surface area contributed by atoms with Crippen molar-refractivity contribution in [2.24, 2.45) is 0 Å². The van der Waals surface area contributed by atoms with Crippen molar-refractivity contribution in [1.82, 2.24) is 0 Å². The molecule has 0 aliphatic carbocycles. The Bertz CT molecular complexity index is 82.4. The molecule has 0 spiro atoms. The van der Waals surface area contributed by atoms with Gasteiger partial charge in [0.2, 0.25) is 0 Å². The van der Waals surface area contributed by atoms with Crippen molar-refractivity contribution in [2.45, 2.75) is 39.5 Å². The van der Waals surface area contributed by atoms with E-state index in [2.05, 4.69) is 6.92 Å². The van der Waals surface area contributed by atoms with Gasteiger partial charge in [0.25, 0.3) is 0 Å². The predicted octanol–water partition coefficient (Wildman–Crippen LogP) is -1.98. The van der Waals surface area contributed by atoms with Crippen molar-refractivity contribution in [2.75, 3.05) is 6.61 Å². The monoisotopic (exact) mass is 184 g/mol. The number of aliphatic carboxylic acids is 1. The van der Waals surface area contributed by atoms with Crippen LogP contribution in [-0.4, -0.2) is 17.7 Å². The Balaban J connectivity index is -0.000000126. The van der Waals surface area contributed by atoms with E-state index in [0.29, 0.717) is 0 Å². The molecule has 3 nitrogen and oxygen atoms in total. The fraction of sp³-hybridized carbons (Fsp3) is 0.875. The number of hydrogen-bond acceptors (Lipinski definition) is 2. The second kappa shape index (κ2) is 17.5. The van der Waals surface area contributed by atoms with Gasteiger partial charge in [-0.3, -0.25) is 4.79 Å². The van der Waals surface area contributed by atoms with Crippen LogP contribution in [0, 0.1) is 0 Å². The number of hydrogen-bond donors (Lipinski definition) is 1. The third-order valence-electron chi connectivity index (χ3n) is 1.05. The Morgan fingerprint density at radius 3 is 1.83 bits per heavy atom. The van der Waals surface area contributed by atoms with E-state index in [1.165, 1.54) is 0 Å². The van der Waals surface area contributed by atoms with Gasteiger partial charge in [-0.05, 0) is 0 Å². The molecule has 0 rings (SSSR count). The first-order valence-electron chi connectivity index (χ1n) is 3.98. The van der Waals surface area contributed by atoms with Gasteiger partial charge in [0.05, 0.1) is 0 Å². The number of carboxylic acid groups (broad SMARTS) is 1. The van der Waals surface area contributed by atoms with E-state index in [-0.39, 0.29) is 42.6 Å². The zero-order chi connectivity index (χ0) is 9.11. The molecule has 0 fully saturated rings. The second-order valence-corrected chi connectivity index (χ2v) is 2.16. The van der Waals surface area contributed by atoms with E-state index in [4.69, 9.17) is 5.11 Å². The van der Waals surface area contributed by atoms with Crippen LogP contribution >= 0.6 is 0 Å². The molecule has 0 saturated carbocycles. The topological polar surface area (TPSA) is 60.4 Å². The first-order chi connectivity index (χ1) is 5.18. The molecule has 0 aromatic rings. The molecule has 12 heavy (non-hydrogen) atoms. The van der Waals surface area contributed by atoms with Gasteiger partial charge in [0, 0.05) is 6.42 Å². The largest absolute Gasteiger partial charge is 1.00 e. The van der Waals surface area contributed by atoms with Crippen LogP contribution in [0.4, 0.5) is 0 Å². The van der Waals surface area contributed by atoms with Crippen LogP contribution < -0.4 is 34.7 Å². The molecule has 0 atom stereocenters. The van der Waals surface area contributed by atoms with Crippen LogP contribution in [0.2, 0.25) is 0 Å². The SMILES string of the molecule is CCC(=O)O.CCCCC[O-].[Na+]. The average Bonchev–Trinajstić information content (AvgIpc) is 2.02. The number of carbonyl (C=O) groups is 1. The van der Waals surface area contributed by atoms with E-state index in [0.717, 1.165) is 19.3 Å². The fourth-order valence-corrected chi connectivity index (χ4v) is 0.352. The van der Waals surface area contributed by atoms with Crippen LogP contribution in [0.15, 0.2) is 0 Å². The van der Waals surface area contributed by atoms with E-state index in [1.807, 2.05) is 0 Å². The Labute approximate surface area is 96.5 Å². The van der Waals surface area contributed by atoms with Crippen LogP contribution in [0.3, 0.4) is 0 Å². The summed E-state index contributed by atoms with van der Waals surface area (Å²) in [5.74, 6) is -0.745. The summed E-state index contributed by atoms with van der Waals surface area (Å²) in [6.07, 6.45) is 3.34. The Morgan fingerprint density at radius 2 is 1.75 bits per heavy atom. The molecule has 0 radical (unpaired) electrons. The van der Waals surface area contributed by atoms with E-state index in [1.54, 1.807) is 6.92 Å². The van der Waals surface area contributed by atoms with Crippen LogP contribution in [-0.2, 0) is 4.79 Å². The maximum atomic E-state index is 9.69. The second-order valence-electron chi connectivity index (χ2n) is 2.16. The molecule has 0 heterocycles. The number of carboxylic acids is 1. The normalized spacial score (nSPS) is 7.58. The summed E-state index contributed by atoms with van der Waals surface area (Å²) < 4.78 is 0. The van der Waals surface area contributed by atoms with Crippen molar-refractivity contribution in [3.63, 3.8) is 0 Å². The van der Waals surface area contributed by atoms with Gasteiger partial charge < -0.3 is 10.2 Å². The molecule has 0 bridgehead atoms. The van der Waals surface area contributed by atoms with Crippen molar-refractivity contribution in [3.05, 3.63) is 0 Å². The first kappa shape index (κ1) is 18.3. The Hall–Kier alpha value is 0.430. The van der Waals surface area contributed by atoms with Gasteiger partial charge in [0.1, 0.15) is 0 Å². The number of rotatable bonds is 4. The van der Waals surface area contributed by atoms with E-state index < -0.39 is 5.97 Å². The van der Waals surface area contributed by atoms with Gasteiger partial charge >= 0.3 is 35.5 Å². The quantitative estimate of drug-likeness (QED) is 0.407. The summed E-state index contributed by atoms with van der Waals surface area (Å²) in [5.41, 5.74) is 0. The summed E-state index contributed by atoms with van der Waals surface area (Å²) >= 11 is 0. The molecule has 0 unspecified atom stereocenters. The Morgan fingerprint density at radius 1 is 1.33 bits per heavy atom. The summed E-state index contributed by atoms with van der Waals surface area (Å²) in [5, 5.41) is 17.4. The molecule has 0 aliphatic heterocycles. The number of unbranched alkanes of at least 4 members (excludes halogenated alkanes) is 2. The zero-order valence-corrected chi connectivity index (χ0v) is 10.3. The summed E-state index contributed by atoms with van der Waals surface area (Å²) in [4.78, 5) is 9.37. The molecule has 0 aromatic carbocycles. The van der Waals surface area contributed by atoms with Crippen molar-refractivity contribution >= 4 is 5.97 Å². The predicted molar refractivity (Wildman–Crippen MR) is 42.3 cm³/mol. The van der Waals surface area contributed by atoms with E-state index in [9.17, 15) is 9.90 Å². The van der Waals surface area contributed by atoms with Crippen LogP contribution in [0.1, 0.15) is 39.5 Å². The first-order valence-corrected chi connectivity index (χ1v) is 3.98.